The van der Waals surface area contributed by atoms with Gasteiger partial charge in [0.05, 0.1) is 41.1 Å². The van der Waals surface area contributed by atoms with E-state index in [1.807, 2.05) is 87.0 Å². The van der Waals surface area contributed by atoms with Gasteiger partial charge in [-0.1, -0.05) is 35.3 Å². The van der Waals surface area contributed by atoms with Crippen LogP contribution in [0.25, 0.3) is 44.3 Å². The van der Waals surface area contributed by atoms with Gasteiger partial charge < -0.3 is 18.8 Å². The van der Waals surface area contributed by atoms with E-state index in [0.29, 0.717) is 42.5 Å². The summed E-state index contributed by atoms with van der Waals surface area (Å²) in [6.45, 7) is 11.2. The fourth-order valence-corrected chi connectivity index (χ4v) is 8.41. The molecular weight excluding hydrogens is 709 g/mol. The zero-order chi connectivity index (χ0) is 37.5. The van der Waals surface area contributed by atoms with Crippen LogP contribution in [0.5, 0.6) is 5.75 Å². The van der Waals surface area contributed by atoms with Crippen molar-refractivity contribution in [2.75, 3.05) is 18.1 Å². The Morgan fingerprint density at radius 2 is 1.66 bits per heavy atom. The summed E-state index contributed by atoms with van der Waals surface area (Å²) in [4.78, 5) is 18.5. The third kappa shape index (κ3) is 5.68. The van der Waals surface area contributed by atoms with E-state index < -0.39 is 0 Å². The summed E-state index contributed by atoms with van der Waals surface area (Å²) in [5.74, 6) is 1.29. The molecule has 0 saturated carbocycles. The summed E-state index contributed by atoms with van der Waals surface area (Å²) in [7, 11) is 5.69. The number of ether oxygens (including phenoxy) is 1. The Balaban J connectivity index is 1.24. The molecule has 11 nitrogen and oxygen atoms in total. The van der Waals surface area contributed by atoms with Crippen molar-refractivity contribution in [1.29, 1.82) is 0 Å². The molecule has 4 aromatic heterocycles. The molecule has 13 heteroatoms. The number of aromatic nitrogens is 8. The number of carbonyl (C=O) groups is 1. The van der Waals surface area contributed by atoms with Gasteiger partial charge in [-0.25, -0.2) is 0 Å². The van der Waals surface area contributed by atoms with Crippen LogP contribution in [0.15, 0.2) is 48.7 Å². The van der Waals surface area contributed by atoms with Crippen molar-refractivity contribution in [2.45, 2.75) is 53.5 Å². The average Bonchev–Trinajstić information content (AvgIpc) is 3.86. The predicted octanol–water partition coefficient (Wildman–Crippen LogP) is 8.50. The van der Waals surface area contributed by atoms with Crippen LogP contribution >= 0.6 is 23.2 Å². The maximum atomic E-state index is 15.1. The van der Waals surface area contributed by atoms with E-state index in [2.05, 4.69) is 44.5 Å². The fourth-order valence-electron chi connectivity index (χ4n) is 8.05. The second kappa shape index (κ2) is 13.1. The first-order valence-electron chi connectivity index (χ1n) is 17.7. The van der Waals surface area contributed by atoms with Crippen molar-refractivity contribution >= 4 is 56.6 Å². The van der Waals surface area contributed by atoms with Crippen LogP contribution in [0.4, 0.5) is 5.69 Å². The molecule has 0 N–H and O–H groups in total. The maximum Gasteiger partial charge on any atom is 0.275 e. The zero-order valence-corrected chi connectivity index (χ0v) is 32.6. The number of benzene rings is 3. The van der Waals surface area contributed by atoms with Gasteiger partial charge in [-0.3, -0.25) is 9.48 Å². The number of halogens is 2. The van der Waals surface area contributed by atoms with Gasteiger partial charge in [-0.15, -0.1) is 10.2 Å². The maximum absolute atomic E-state index is 15.1. The molecule has 3 aromatic carbocycles. The van der Waals surface area contributed by atoms with Crippen LogP contribution in [0.2, 0.25) is 10.0 Å². The largest absolute Gasteiger partial charge is 0.494 e. The number of carbonyl (C=O) groups excluding carboxylic acids is 1. The number of hydrogen-bond donors (Lipinski definition) is 0. The lowest BCUT2D eigenvalue weighted by Crippen LogP contribution is -2.42. The molecule has 1 unspecified atom stereocenters. The normalized spacial score (nSPS) is 14.6. The SMILES string of the molecule is Cc1cc(OCCCc2c3n(c4c(-c5c(C)nn(C)c5C)c(Cl)ccc24)C(C)CN(c2cn(C)c4cc(-c5nnn(C)n5)ccc24)C3=O)cc(C)c1Cl. The van der Waals surface area contributed by atoms with Crippen molar-refractivity contribution in [2.24, 2.45) is 21.1 Å². The first kappa shape index (κ1) is 34.9. The number of rotatable bonds is 8. The Morgan fingerprint density at radius 1 is 0.925 bits per heavy atom. The molecule has 0 saturated heterocycles. The summed E-state index contributed by atoms with van der Waals surface area (Å²) in [6.07, 6.45) is 3.37. The highest BCUT2D eigenvalue weighted by Crippen LogP contribution is 2.46. The Kier molecular flexibility index (Phi) is 8.61. The summed E-state index contributed by atoms with van der Waals surface area (Å²) >= 11 is 13.5. The van der Waals surface area contributed by atoms with Crippen LogP contribution in [-0.2, 0) is 27.6 Å². The quantitative estimate of drug-likeness (QED) is 0.145. The van der Waals surface area contributed by atoms with Crippen LogP contribution in [0.3, 0.4) is 0 Å². The van der Waals surface area contributed by atoms with Gasteiger partial charge in [0.2, 0.25) is 5.82 Å². The standard InChI is InChI=1S/C40H41Cl2N9O2/c1-21-16-27(17-22(2)36(21)42)53-15-9-10-28-29-13-14-31(41)35(34-24(4)44-48(7)25(34)5)37(29)51-23(3)19-50(40(52)38(28)51)33-20-47(6)32-18-26(11-12-30(32)33)39-43-46-49(8)45-39/h11-14,16-18,20,23H,9-10,15,19H2,1-8H3. The van der Waals surface area contributed by atoms with E-state index in [1.54, 1.807) is 7.05 Å². The summed E-state index contributed by atoms with van der Waals surface area (Å²) in [6, 6.07) is 14.0. The topological polar surface area (TPSA) is 101 Å². The smallest absolute Gasteiger partial charge is 0.275 e. The molecule has 53 heavy (non-hydrogen) atoms. The molecule has 1 aliphatic heterocycles. The summed E-state index contributed by atoms with van der Waals surface area (Å²) in [5, 5.41) is 20.7. The highest BCUT2D eigenvalue weighted by Gasteiger charge is 2.37. The van der Waals surface area contributed by atoms with Crippen molar-refractivity contribution in [3.63, 3.8) is 0 Å². The minimum absolute atomic E-state index is 0.0481. The fraction of sp³-hybridized carbons (Fsp3) is 0.325. The average molecular weight is 751 g/mol. The minimum Gasteiger partial charge on any atom is -0.494 e. The molecule has 7 aromatic rings. The Labute approximate surface area is 317 Å². The number of aryl methyl sites for hydroxylation is 7. The van der Waals surface area contributed by atoms with E-state index in [0.717, 1.165) is 83.0 Å². The molecule has 5 heterocycles. The summed E-state index contributed by atoms with van der Waals surface area (Å²) < 4.78 is 12.4. The zero-order valence-electron chi connectivity index (χ0n) is 31.1. The molecule has 1 aliphatic rings. The van der Waals surface area contributed by atoms with E-state index in [9.17, 15) is 0 Å². The molecule has 0 radical (unpaired) electrons. The van der Waals surface area contributed by atoms with Gasteiger partial charge in [0.25, 0.3) is 5.91 Å². The lowest BCUT2D eigenvalue weighted by Gasteiger charge is -2.34. The van der Waals surface area contributed by atoms with Crippen LogP contribution in [0, 0.1) is 27.7 Å². The van der Waals surface area contributed by atoms with Crippen molar-refractivity contribution < 1.29 is 9.53 Å². The van der Waals surface area contributed by atoms with E-state index >= 15 is 4.79 Å². The number of anilines is 1. The van der Waals surface area contributed by atoms with Crippen LogP contribution in [-0.4, -0.2) is 58.2 Å². The molecular formula is C40H41Cl2N9O2. The second-order valence-corrected chi connectivity index (χ2v) is 15.0. The molecule has 1 amide bonds. The Hall–Kier alpha value is -5.13. The third-order valence-corrected chi connectivity index (χ3v) is 11.5. The molecule has 272 valence electrons. The van der Waals surface area contributed by atoms with Gasteiger partial charge in [-0.05, 0) is 99.7 Å². The van der Waals surface area contributed by atoms with Gasteiger partial charge >= 0.3 is 0 Å². The van der Waals surface area contributed by atoms with Crippen LogP contribution in [0.1, 0.15) is 58.0 Å². The third-order valence-electron chi connectivity index (χ3n) is 10.6. The molecule has 0 bridgehead atoms. The van der Waals surface area contributed by atoms with Crippen molar-refractivity contribution in [1.82, 2.24) is 39.1 Å². The van der Waals surface area contributed by atoms with E-state index in [-0.39, 0.29) is 11.9 Å². The lowest BCUT2D eigenvalue weighted by atomic mass is 9.98. The number of fused-ring (bicyclic) bond motifs is 4. The van der Waals surface area contributed by atoms with Gasteiger partial charge in [0, 0.05) is 71.1 Å². The van der Waals surface area contributed by atoms with Crippen molar-refractivity contribution in [3.8, 4) is 28.3 Å². The monoisotopic (exact) mass is 749 g/mol. The number of tetrazole rings is 1. The van der Waals surface area contributed by atoms with E-state index in [4.69, 9.17) is 33.0 Å². The first-order chi connectivity index (χ1) is 25.3. The number of nitrogens with zero attached hydrogens (tertiary/aromatic N) is 9. The first-order valence-corrected chi connectivity index (χ1v) is 18.5. The highest BCUT2D eigenvalue weighted by atomic mass is 35.5. The van der Waals surface area contributed by atoms with E-state index in [1.165, 1.54) is 4.80 Å². The van der Waals surface area contributed by atoms with Gasteiger partial charge in [-0.2, -0.15) is 9.90 Å². The second-order valence-electron chi connectivity index (χ2n) is 14.2. The number of amides is 1. The molecule has 0 fully saturated rings. The predicted molar refractivity (Wildman–Crippen MR) is 210 cm³/mol. The van der Waals surface area contributed by atoms with Crippen LogP contribution < -0.4 is 9.64 Å². The Bertz CT molecular complexity index is 2590. The lowest BCUT2D eigenvalue weighted by molar-refractivity contribution is 0.0957. The Morgan fingerprint density at radius 3 is 2.34 bits per heavy atom. The summed E-state index contributed by atoms with van der Waals surface area (Å²) in [5.41, 5.74) is 11.1. The minimum atomic E-state index is -0.0666. The molecule has 0 aliphatic carbocycles. The molecule has 8 rings (SSSR count). The molecule has 0 spiro atoms. The number of hydrogen-bond acceptors (Lipinski definition) is 6. The van der Waals surface area contributed by atoms with Gasteiger partial charge in [0.1, 0.15) is 11.4 Å². The van der Waals surface area contributed by atoms with Crippen molar-refractivity contribution in [3.05, 3.63) is 92.5 Å². The highest BCUT2D eigenvalue weighted by molar-refractivity contribution is 6.35. The molecule has 1 atom stereocenters. The van der Waals surface area contributed by atoms with Gasteiger partial charge in [0.15, 0.2) is 0 Å².